The van der Waals surface area contributed by atoms with Gasteiger partial charge in [-0.2, -0.15) is 0 Å². The second kappa shape index (κ2) is 3.76. The van der Waals surface area contributed by atoms with Crippen molar-refractivity contribution in [3.63, 3.8) is 0 Å². The minimum Gasteiger partial charge on any atom is -0.465 e. The van der Waals surface area contributed by atoms with E-state index in [0.717, 1.165) is 12.8 Å². The van der Waals surface area contributed by atoms with Crippen LogP contribution in [-0.2, 0) is 9.53 Å². The highest BCUT2D eigenvalue weighted by Crippen LogP contribution is 2.19. The average Bonchev–Trinajstić information content (AvgIpc) is 2.31. The lowest BCUT2D eigenvalue weighted by Crippen LogP contribution is -2.06. The van der Waals surface area contributed by atoms with Crippen LogP contribution in [0.4, 0.5) is 0 Å². The van der Waals surface area contributed by atoms with Gasteiger partial charge in [-0.25, -0.2) is 0 Å². The van der Waals surface area contributed by atoms with Crippen LogP contribution in [0.5, 0.6) is 0 Å². The van der Waals surface area contributed by atoms with Crippen molar-refractivity contribution in [1.29, 1.82) is 0 Å². The Kier molecular flexibility index (Phi) is 2.93. The third-order valence-corrected chi connectivity index (χ3v) is 2.66. The number of carbonyl (C=O) groups excluding carboxylic acids is 1. The van der Waals surface area contributed by atoms with Crippen LogP contribution in [0.3, 0.4) is 0 Å². The number of hydrogen-bond donors (Lipinski definition) is 0. The molecule has 1 fully saturated rings. The summed E-state index contributed by atoms with van der Waals surface area (Å²) >= 11 is 0. The van der Waals surface area contributed by atoms with Crippen molar-refractivity contribution in [2.75, 3.05) is 6.61 Å². The summed E-state index contributed by atoms with van der Waals surface area (Å²) in [5, 5.41) is 0. The molecule has 1 unspecified atom stereocenters. The Morgan fingerprint density at radius 2 is 2.50 bits per heavy atom. The smallest absolute Gasteiger partial charge is 0.309 e. The highest BCUT2D eigenvalue weighted by Gasteiger charge is 2.24. The van der Waals surface area contributed by atoms with Crippen molar-refractivity contribution in [1.82, 2.24) is 0 Å². The van der Waals surface area contributed by atoms with Gasteiger partial charge in [0.15, 0.2) is 0 Å². The summed E-state index contributed by atoms with van der Waals surface area (Å²) in [6, 6.07) is 1.31. The monoisotopic (exact) mass is 158 g/mol. The van der Waals surface area contributed by atoms with Crippen LogP contribution in [0, 0.1) is 5.92 Å². The molecule has 0 radical (unpaired) electrons. The molecule has 0 aromatic rings. The molecule has 1 rings (SSSR count). The molecule has 1 heterocycles. The molecular weight excluding hydrogens is 144 g/mol. The van der Waals surface area contributed by atoms with Crippen LogP contribution in [0.1, 0.15) is 19.3 Å². The van der Waals surface area contributed by atoms with Gasteiger partial charge in [0, 0.05) is 10.2 Å². The summed E-state index contributed by atoms with van der Waals surface area (Å²) < 4.78 is 4.83. The predicted octanol–water partition coefficient (Wildman–Crippen LogP) is 0.113. The Hall–Kier alpha value is -0.313. The first-order valence-corrected chi connectivity index (χ1v) is 5.42. The number of carbonyl (C=O) groups is 1. The average molecular weight is 158 g/mol. The van der Waals surface area contributed by atoms with Gasteiger partial charge in [0.05, 0.1) is 12.5 Å². The molecule has 0 aliphatic carbocycles. The molecule has 0 N–H and O–H groups in total. The Morgan fingerprint density at radius 3 is 3.00 bits per heavy atom. The van der Waals surface area contributed by atoms with Crippen molar-refractivity contribution >= 4 is 16.2 Å². The summed E-state index contributed by atoms with van der Waals surface area (Å²) in [6.07, 6.45) is 3.23. The molecule has 1 atom stereocenters. The zero-order chi connectivity index (χ0) is 7.40. The molecule has 0 spiro atoms. The maximum absolute atomic E-state index is 10.9. The zero-order valence-electron chi connectivity index (χ0n) is 6.43. The minimum atomic E-state index is 0.0371. The number of cyclic esters (lactones) is 1. The topological polar surface area (TPSA) is 26.3 Å². The van der Waals surface area contributed by atoms with Crippen LogP contribution >= 0.6 is 0 Å². The van der Waals surface area contributed by atoms with E-state index in [9.17, 15) is 4.79 Å². The van der Waals surface area contributed by atoms with Gasteiger partial charge in [0.1, 0.15) is 0 Å². The SMILES string of the molecule is O=C1OCCC1CCC[SiH3]. The third-order valence-electron chi connectivity index (χ3n) is 1.95. The molecule has 0 saturated carbocycles. The summed E-state index contributed by atoms with van der Waals surface area (Å²) in [5.74, 6) is 0.282. The molecule has 0 bridgehead atoms. The van der Waals surface area contributed by atoms with Gasteiger partial charge in [0.2, 0.25) is 0 Å². The van der Waals surface area contributed by atoms with Gasteiger partial charge in [-0.3, -0.25) is 4.79 Å². The van der Waals surface area contributed by atoms with E-state index < -0.39 is 0 Å². The summed E-state index contributed by atoms with van der Waals surface area (Å²) in [4.78, 5) is 10.9. The lowest BCUT2D eigenvalue weighted by atomic mass is 10.0. The third kappa shape index (κ3) is 1.83. The maximum atomic E-state index is 10.9. The normalized spacial score (nSPS) is 25.2. The Balaban J connectivity index is 2.20. The molecule has 1 aliphatic heterocycles. The fourth-order valence-electron chi connectivity index (χ4n) is 1.25. The van der Waals surface area contributed by atoms with Crippen LogP contribution in [-0.4, -0.2) is 22.8 Å². The molecule has 3 heteroatoms. The van der Waals surface area contributed by atoms with Crippen molar-refractivity contribution in [2.45, 2.75) is 25.3 Å². The summed E-state index contributed by atoms with van der Waals surface area (Å²) in [7, 11) is 1.26. The summed E-state index contributed by atoms with van der Waals surface area (Å²) in [6.45, 7) is 0.657. The van der Waals surface area contributed by atoms with Crippen LogP contribution in [0.2, 0.25) is 6.04 Å². The molecule has 1 saturated heterocycles. The van der Waals surface area contributed by atoms with E-state index in [4.69, 9.17) is 4.74 Å². The van der Waals surface area contributed by atoms with Crippen molar-refractivity contribution < 1.29 is 9.53 Å². The van der Waals surface area contributed by atoms with Crippen LogP contribution < -0.4 is 0 Å². The molecule has 1 aliphatic rings. The highest BCUT2D eigenvalue weighted by atomic mass is 28.1. The van der Waals surface area contributed by atoms with Crippen molar-refractivity contribution in [3.05, 3.63) is 0 Å². The van der Waals surface area contributed by atoms with Gasteiger partial charge in [0.25, 0.3) is 0 Å². The summed E-state index contributed by atoms with van der Waals surface area (Å²) in [5.41, 5.74) is 0. The van der Waals surface area contributed by atoms with Gasteiger partial charge in [-0.05, 0) is 12.8 Å². The Morgan fingerprint density at radius 1 is 1.70 bits per heavy atom. The Bertz CT molecular complexity index is 125. The number of ether oxygens (including phenoxy) is 1. The molecule has 10 heavy (non-hydrogen) atoms. The van der Waals surface area contributed by atoms with Gasteiger partial charge in [-0.15, -0.1) is 0 Å². The van der Waals surface area contributed by atoms with Crippen LogP contribution in [0.25, 0.3) is 0 Å². The van der Waals surface area contributed by atoms with E-state index in [1.807, 2.05) is 0 Å². The quantitative estimate of drug-likeness (QED) is 0.430. The predicted molar refractivity (Wildman–Crippen MR) is 43.0 cm³/mol. The lowest BCUT2D eigenvalue weighted by molar-refractivity contribution is -0.141. The number of hydrogen-bond acceptors (Lipinski definition) is 2. The van der Waals surface area contributed by atoms with E-state index >= 15 is 0 Å². The first-order valence-electron chi connectivity index (χ1n) is 4.01. The largest absolute Gasteiger partial charge is 0.465 e. The van der Waals surface area contributed by atoms with Gasteiger partial charge >= 0.3 is 5.97 Å². The fourth-order valence-corrected chi connectivity index (χ4v) is 1.66. The number of esters is 1. The van der Waals surface area contributed by atoms with Crippen molar-refractivity contribution in [3.8, 4) is 0 Å². The molecule has 2 nitrogen and oxygen atoms in total. The van der Waals surface area contributed by atoms with E-state index in [1.165, 1.54) is 22.7 Å². The maximum Gasteiger partial charge on any atom is 0.309 e. The lowest BCUT2D eigenvalue weighted by Gasteiger charge is -2.01. The van der Waals surface area contributed by atoms with E-state index in [2.05, 4.69) is 0 Å². The van der Waals surface area contributed by atoms with Gasteiger partial charge in [-0.1, -0.05) is 12.5 Å². The van der Waals surface area contributed by atoms with Crippen molar-refractivity contribution in [2.24, 2.45) is 5.92 Å². The Labute approximate surface area is 64.4 Å². The van der Waals surface area contributed by atoms with E-state index in [1.54, 1.807) is 0 Å². The first-order chi connectivity index (χ1) is 4.84. The second-order valence-electron chi connectivity index (χ2n) is 2.80. The molecular formula is C7H14O2Si. The molecule has 58 valence electrons. The van der Waals surface area contributed by atoms with Crippen LogP contribution in [0.15, 0.2) is 0 Å². The molecule has 0 aromatic carbocycles. The van der Waals surface area contributed by atoms with Gasteiger partial charge < -0.3 is 4.74 Å². The van der Waals surface area contributed by atoms with E-state index in [0.29, 0.717) is 6.61 Å². The zero-order valence-corrected chi connectivity index (χ0v) is 8.43. The number of rotatable bonds is 3. The highest BCUT2D eigenvalue weighted by molar-refractivity contribution is 6.08. The standard InChI is InChI=1S/C7H14O2Si/c8-7-6(2-1-5-10)3-4-9-7/h6H,1-5H2,10H3. The molecule has 0 amide bonds. The van der Waals surface area contributed by atoms with E-state index in [-0.39, 0.29) is 11.9 Å². The minimum absolute atomic E-state index is 0.0371. The fraction of sp³-hybridized carbons (Fsp3) is 0.857. The second-order valence-corrected chi connectivity index (χ2v) is 3.80. The molecule has 0 aromatic heterocycles. The first kappa shape index (κ1) is 7.79.